The number of rotatable bonds is 4. The average Bonchev–Trinajstić information content (AvgIpc) is 3.11. The van der Waals surface area contributed by atoms with E-state index in [1.165, 1.54) is 6.20 Å². The van der Waals surface area contributed by atoms with Gasteiger partial charge in [0.2, 0.25) is 0 Å². The van der Waals surface area contributed by atoms with Crippen LogP contribution in [0, 0.1) is 6.92 Å². The number of nitrogens with one attached hydrogen (secondary N) is 1. The normalized spacial score (nSPS) is 10.6. The van der Waals surface area contributed by atoms with Crippen LogP contribution in [0.5, 0.6) is 0 Å². The molecule has 4 rings (SSSR count). The van der Waals surface area contributed by atoms with Crippen molar-refractivity contribution in [1.29, 1.82) is 0 Å². The van der Waals surface area contributed by atoms with Crippen LogP contribution in [0.25, 0.3) is 16.9 Å². The van der Waals surface area contributed by atoms with Gasteiger partial charge in [-0.3, -0.25) is 14.8 Å². The molecule has 0 spiro atoms. The van der Waals surface area contributed by atoms with Crippen LogP contribution >= 0.6 is 0 Å². The molecule has 0 unspecified atom stereocenters. The quantitative estimate of drug-likeness (QED) is 0.606. The Balaban J connectivity index is 1.59. The molecule has 0 fully saturated rings. The minimum atomic E-state index is -0.255. The molecule has 0 saturated heterocycles. The maximum Gasteiger partial charge on any atom is 0.258 e. The van der Waals surface area contributed by atoms with E-state index in [0.29, 0.717) is 11.4 Å². The number of hydrogen-bond donors (Lipinski definition) is 1. The van der Waals surface area contributed by atoms with Gasteiger partial charge in [0.15, 0.2) is 0 Å². The summed E-state index contributed by atoms with van der Waals surface area (Å²) in [5.41, 5.74) is 4.05. The van der Waals surface area contributed by atoms with Crippen LogP contribution < -0.4 is 5.32 Å². The second-order valence-corrected chi connectivity index (χ2v) is 5.92. The van der Waals surface area contributed by atoms with Crippen LogP contribution in [0.1, 0.15) is 16.1 Å². The van der Waals surface area contributed by atoms with Crippen molar-refractivity contribution in [3.05, 3.63) is 84.7 Å². The third-order valence-corrected chi connectivity index (χ3v) is 3.95. The average molecular weight is 356 g/mol. The summed E-state index contributed by atoms with van der Waals surface area (Å²) in [4.78, 5) is 24.6. The number of carbonyl (C=O) groups is 1. The molecule has 0 aromatic carbocycles. The van der Waals surface area contributed by atoms with Gasteiger partial charge in [-0.25, -0.2) is 9.67 Å². The van der Waals surface area contributed by atoms with E-state index in [-0.39, 0.29) is 5.91 Å². The van der Waals surface area contributed by atoms with E-state index in [4.69, 9.17) is 0 Å². The lowest BCUT2D eigenvalue weighted by Crippen LogP contribution is -2.13. The molecule has 0 radical (unpaired) electrons. The van der Waals surface area contributed by atoms with Gasteiger partial charge in [0.25, 0.3) is 5.91 Å². The van der Waals surface area contributed by atoms with Crippen LogP contribution in [0.3, 0.4) is 0 Å². The lowest BCUT2D eigenvalue weighted by atomic mass is 10.2. The maximum atomic E-state index is 12.2. The van der Waals surface area contributed by atoms with Crippen molar-refractivity contribution in [2.75, 3.05) is 5.32 Å². The summed E-state index contributed by atoms with van der Waals surface area (Å²) in [6.45, 7) is 1.94. The molecule has 132 valence electrons. The number of hydrogen-bond acceptors (Lipinski definition) is 5. The van der Waals surface area contributed by atoms with Gasteiger partial charge in [0.05, 0.1) is 28.8 Å². The number of aryl methyl sites for hydroxylation is 1. The number of amides is 1. The van der Waals surface area contributed by atoms with Crippen molar-refractivity contribution in [3.8, 4) is 16.9 Å². The second kappa shape index (κ2) is 7.17. The zero-order valence-corrected chi connectivity index (χ0v) is 14.6. The molecule has 4 aromatic rings. The molecular formula is C20H16N6O. The fourth-order valence-electron chi connectivity index (χ4n) is 2.69. The molecule has 7 heteroatoms. The van der Waals surface area contributed by atoms with Crippen LogP contribution in [-0.4, -0.2) is 30.6 Å². The predicted octanol–water partition coefficient (Wildman–Crippen LogP) is 3.29. The Morgan fingerprint density at radius 1 is 1.00 bits per heavy atom. The van der Waals surface area contributed by atoms with Crippen molar-refractivity contribution in [3.63, 3.8) is 0 Å². The summed E-state index contributed by atoms with van der Waals surface area (Å²) in [7, 11) is 0. The minimum absolute atomic E-state index is 0.255. The van der Waals surface area contributed by atoms with E-state index in [0.717, 1.165) is 22.6 Å². The Labute approximate surface area is 155 Å². The van der Waals surface area contributed by atoms with E-state index in [9.17, 15) is 4.79 Å². The highest BCUT2D eigenvalue weighted by atomic mass is 16.1. The Morgan fingerprint density at radius 2 is 1.81 bits per heavy atom. The third kappa shape index (κ3) is 3.57. The van der Waals surface area contributed by atoms with E-state index < -0.39 is 0 Å². The molecular weight excluding hydrogens is 340 g/mol. The maximum absolute atomic E-state index is 12.2. The molecule has 0 bridgehead atoms. The Morgan fingerprint density at radius 3 is 2.48 bits per heavy atom. The Bertz CT molecular complexity index is 1060. The van der Waals surface area contributed by atoms with Gasteiger partial charge >= 0.3 is 0 Å². The van der Waals surface area contributed by atoms with Crippen molar-refractivity contribution in [2.24, 2.45) is 0 Å². The predicted molar refractivity (Wildman–Crippen MR) is 102 cm³/mol. The first-order valence-electron chi connectivity index (χ1n) is 8.35. The molecule has 0 atom stereocenters. The first-order chi connectivity index (χ1) is 13.2. The van der Waals surface area contributed by atoms with Gasteiger partial charge in [0.1, 0.15) is 5.82 Å². The standard InChI is InChI=1S/C20H16N6O/c1-14-10-18(15-4-2-8-21-11-15)26(25-14)17-6-7-19(23-13-17)24-20(27)16-5-3-9-22-12-16/h2-13H,1H3,(H,23,24,27). The number of anilines is 1. The number of carbonyl (C=O) groups excluding carboxylic acids is 1. The molecule has 1 amide bonds. The van der Waals surface area contributed by atoms with Crippen LogP contribution in [0.4, 0.5) is 5.82 Å². The minimum Gasteiger partial charge on any atom is -0.307 e. The highest BCUT2D eigenvalue weighted by Gasteiger charge is 2.11. The largest absolute Gasteiger partial charge is 0.307 e. The van der Waals surface area contributed by atoms with Crippen LogP contribution in [0.2, 0.25) is 0 Å². The van der Waals surface area contributed by atoms with Crippen LogP contribution in [0.15, 0.2) is 73.4 Å². The van der Waals surface area contributed by atoms with Gasteiger partial charge in [-0.05, 0) is 49.4 Å². The molecule has 0 aliphatic heterocycles. The van der Waals surface area contributed by atoms with E-state index in [1.54, 1.807) is 43.0 Å². The lowest BCUT2D eigenvalue weighted by Gasteiger charge is -2.09. The molecule has 7 nitrogen and oxygen atoms in total. The molecule has 0 aliphatic carbocycles. The summed E-state index contributed by atoms with van der Waals surface area (Å²) in [6.07, 6.45) is 8.33. The van der Waals surface area contributed by atoms with Gasteiger partial charge in [0, 0.05) is 30.4 Å². The Kier molecular flexibility index (Phi) is 4.40. The van der Waals surface area contributed by atoms with Crippen LogP contribution in [-0.2, 0) is 0 Å². The number of aromatic nitrogens is 5. The zero-order chi connectivity index (χ0) is 18.6. The third-order valence-electron chi connectivity index (χ3n) is 3.95. The van der Waals surface area contributed by atoms with E-state index in [1.807, 2.05) is 35.9 Å². The lowest BCUT2D eigenvalue weighted by molar-refractivity contribution is 0.102. The smallest absolute Gasteiger partial charge is 0.258 e. The van der Waals surface area contributed by atoms with E-state index >= 15 is 0 Å². The summed E-state index contributed by atoms with van der Waals surface area (Å²) >= 11 is 0. The van der Waals surface area contributed by atoms with Gasteiger partial charge in [-0.15, -0.1) is 0 Å². The molecule has 0 aliphatic rings. The van der Waals surface area contributed by atoms with Gasteiger partial charge < -0.3 is 5.32 Å². The van der Waals surface area contributed by atoms with Crippen molar-refractivity contribution in [2.45, 2.75) is 6.92 Å². The molecule has 1 N–H and O–H groups in total. The molecule has 0 saturated carbocycles. The molecule has 27 heavy (non-hydrogen) atoms. The summed E-state index contributed by atoms with van der Waals surface area (Å²) in [5, 5.41) is 7.31. The summed E-state index contributed by atoms with van der Waals surface area (Å²) < 4.78 is 1.81. The molecule has 4 heterocycles. The van der Waals surface area contributed by atoms with Crippen molar-refractivity contribution >= 4 is 11.7 Å². The van der Waals surface area contributed by atoms with Crippen molar-refractivity contribution in [1.82, 2.24) is 24.7 Å². The first-order valence-corrected chi connectivity index (χ1v) is 8.35. The summed E-state index contributed by atoms with van der Waals surface area (Å²) in [5.74, 6) is 0.203. The number of pyridine rings is 3. The SMILES string of the molecule is Cc1cc(-c2cccnc2)n(-c2ccc(NC(=O)c3cccnc3)nc2)n1. The summed E-state index contributed by atoms with van der Waals surface area (Å²) in [6, 6.07) is 12.9. The fraction of sp³-hybridized carbons (Fsp3) is 0.0500. The highest BCUT2D eigenvalue weighted by molar-refractivity contribution is 6.03. The van der Waals surface area contributed by atoms with Gasteiger partial charge in [-0.1, -0.05) is 0 Å². The highest BCUT2D eigenvalue weighted by Crippen LogP contribution is 2.23. The first kappa shape index (κ1) is 16.6. The molecule has 4 aromatic heterocycles. The van der Waals surface area contributed by atoms with E-state index in [2.05, 4.69) is 25.4 Å². The second-order valence-electron chi connectivity index (χ2n) is 5.92. The topological polar surface area (TPSA) is 85.6 Å². The number of nitrogens with zero attached hydrogens (tertiary/aromatic N) is 5. The Hall–Kier alpha value is -3.87. The van der Waals surface area contributed by atoms with Crippen molar-refractivity contribution < 1.29 is 4.79 Å². The zero-order valence-electron chi connectivity index (χ0n) is 14.6. The van der Waals surface area contributed by atoms with Gasteiger partial charge in [-0.2, -0.15) is 5.10 Å². The fourth-order valence-corrected chi connectivity index (χ4v) is 2.69. The monoisotopic (exact) mass is 356 g/mol.